The molecule has 0 aliphatic carbocycles. The lowest BCUT2D eigenvalue weighted by Crippen LogP contribution is -2.04. The molecule has 2 aromatic rings. The van der Waals surface area contributed by atoms with E-state index >= 15 is 0 Å². The fourth-order valence-electron chi connectivity index (χ4n) is 7.45. The predicted molar refractivity (Wildman–Crippen MR) is 211 cm³/mol. The molecule has 0 amide bonds. The first-order valence-corrected chi connectivity index (χ1v) is 22.4. The summed E-state index contributed by atoms with van der Waals surface area (Å²) in [4.78, 5) is 0.0931. The minimum Gasteiger partial charge on any atom is -0.282 e. The van der Waals surface area contributed by atoms with Gasteiger partial charge in [-0.3, -0.25) is 4.55 Å². The second-order valence-corrected chi connectivity index (χ2v) is 16.4. The average Bonchev–Trinajstić information content (AvgIpc) is 3.07. The van der Waals surface area contributed by atoms with E-state index in [-0.39, 0.29) is 4.90 Å². The molecular formula is C44H76O3S. The average molecular weight is 685 g/mol. The quantitative estimate of drug-likeness (QED) is 0.0601. The molecule has 0 bridgehead atoms. The minimum absolute atomic E-state index is 0.0931. The predicted octanol–water partition coefficient (Wildman–Crippen LogP) is 14.9. The minimum atomic E-state index is -4.24. The van der Waals surface area contributed by atoms with Gasteiger partial charge in [-0.25, -0.2) is 0 Å². The number of fused-ring (bicyclic) bond motifs is 1. The summed E-state index contributed by atoms with van der Waals surface area (Å²) >= 11 is 0. The lowest BCUT2D eigenvalue weighted by molar-refractivity contribution is 0.482. The van der Waals surface area contributed by atoms with Crippen LogP contribution in [0, 0.1) is 0 Å². The third kappa shape index (κ3) is 20.3. The van der Waals surface area contributed by atoms with Crippen LogP contribution in [0.1, 0.15) is 218 Å². The zero-order valence-corrected chi connectivity index (χ0v) is 32.5. The second kappa shape index (κ2) is 28.3. The molecule has 0 unspecified atom stereocenters. The van der Waals surface area contributed by atoms with Gasteiger partial charge in [-0.1, -0.05) is 218 Å². The van der Waals surface area contributed by atoms with Crippen LogP contribution >= 0.6 is 0 Å². The van der Waals surface area contributed by atoms with Crippen molar-refractivity contribution in [3.63, 3.8) is 0 Å². The van der Waals surface area contributed by atoms with Crippen LogP contribution in [0.15, 0.2) is 35.2 Å². The molecule has 276 valence electrons. The van der Waals surface area contributed by atoms with Gasteiger partial charge in [0.1, 0.15) is 0 Å². The molecule has 2 aromatic carbocycles. The highest BCUT2D eigenvalue weighted by Crippen LogP contribution is 2.29. The molecule has 0 atom stereocenters. The van der Waals surface area contributed by atoms with Crippen LogP contribution in [-0.2, 0) is 23.0 Å². The van der Waals surface area contributed by atoms with Gasteiger partial charge in [-0.15, -0.1) is 0 Å². The molecule has 0 aromatic heterocycles. The number of aryl methyl sites for hydroxylation is 2. The second-order valence-electron chi connectivity index (χ2n) is 15.0. The van der Waals surface area contributed by atoms with E-state index in [1.54, 1.807) is 6.07 Å². The zero-order chi connectivity index (χ0) is 34.5. The first-order chi connectivity index (χ1) is 23.5. The Morgan fingerprint density at radius 2 is 0.792 bits per heavy atom. The van der Waals surface area contributed by atoms with Gasteiger partial charge in [0.15, 0.2) is 0 Å². The van der Waals surface area contributed by atoms with Crippen LogP contribution in [-0.4, -0.2) is 13.0 Å². The van der Waals surface area contributed by atoms with Gasteiger partial charge < -0.3 is 0 Å². The molecule has 0 fully saturated rings. The molecule has 1 N–H and O–H groups in total. The van der Waals surface area contributed by atoms with Gasteiger partial charge in [-0.05, 0) is 53.6 Å². The first-order valence-electron chi connectivity index (χ1n) is 21.0. The number of benzene rings is 2. The van der Waals surface area contributed by atoms with Gasteiger partial charge in [0.2, 0.25) is 0 Å². The Morgan fingerprint density at radius 1 is 0.438 bits per heavy atom. The molecule has 0 saturated heterocycles. The highest BCUT2D eigenvalue weighted by molar-refractivity contribution is 7.85. The van der Waals surface area contributed by atoms with Crippen molar-refractivity contribution in [3.8, 4) is 0 Å². The van der Waals surface area contributed by atoms with E-state index in [1.165, 1.54) is 185 Å². The van der Waals surface area contributed by atoms with Crippen molar-refractivity contribution in [1.82, 2.24) is 0 Å². The van der Waals surface area contributed by atoms with Crippen LogP contribution in [0.25, 0.3) is 10.8 Å². The van der Waals surface area contributed by atoms with Crippen LogP contribution < -0.4 is 0 Å². The Hall–Kier alpha value is -1.39. The summed E-state index contributed by atoms with van der Waals surface area (Å²) in [5, 5.41) is 2.08. The molecular weight excluding hydrogens is 609 g/mol. The van der Waals surface area contributed by atoms with E-state index in [1.807, 2.05) is 6.07 Å². The topological polar surface area (TPSA) is 54.4 Å². The SMILES string of the molecule is CCCCCCCCCCCCCCCCCc1ccc2c(CCCCCCCCCCCCCCCCC)c(S(=O)(=O)O)ccc2c1. The van der Waals surface area contributed by atoms with Gasteiger partial charge in [0.05, 0.1) is 4.90 Å². The van der Waals surface area contributed by atoms with Crippen molar-refractivity contribution in [1.29, 1.82) is 0 Å². The monoisotopic (exact) mass is 685 g/mol. The lowest BCUT2D eigenvalue weighted by Gasteiger charge is -2.13. The Labute approximate surface area is 298 Å². The van der Waals surface area contributed by atoms with E-state index in [2.05, 4.69) is 32.0 Å². The van der Waals surface area contributed by atoms with E-state index in [4.69, 9.17) is 0 Å². The molecule has 48 heavy (non-hydrogen) atoms. The molecule has 0 aliphatic heterocycles. The molecule has 0 spiro atoms. The van der Waals surface area contributed by atoms with Crippen LogP contribution in [0.5, 0.6) is 0 Å². The van der Waals surface area contributed by atoms with Gasteiger partial charge in [0.25, 0.3) is 10.1 Å². The van der Waals surface area contributed by atoms with Gasteiger partial charge >= 0.3 is 0 Å². The van der Waals surface area contributed by atoms with E-state index in [9.17, 15) is 13.0 Å². The van der Waals surface area contributed by atoms with Crippen molar-refractivity contribution >= 4 is 20.9 Å². The number of rotatable bonds is 33. The molecule has 0 saturated carbocycles. The summed E-state index contributed by atoms with van der Waals surface area (Å²) < 4.78 is 34.5. The third-order valence-electron chi connectivity index (χ3n) is 10.5. The number of hydrogen-bond acceptors (Lipinski definition) is 2. The molecule has 0 aliphatic rings. The van der Waals surface area contributed by atoms with E-state index in [0.29, 0.717) is 6.42 Å². The highest BCUT2D eigenvalue weighted by Gasteiger charge is 2.18. The normalized spacial score (nSPS) is 12.0. The van der Waals surface area contributed by atoms with Gasteiger partial charge in [0, 0.05) is 0 Å². The first kappa shape index (κ1) is 42.8. The summed E-state index contributed by atoms with van der Waals surface area (Å²) in [6.45, 7) is 4.57. The molecule has 3 nitrogen and oxygen atoms in total. The van der Waals surface area contributed by atoms with Crippen LogP contribution in [0.3, 0.4) is 0 Å². The van der Waals surface area contributed by atoms with Crippen molar-refractivity contribution in [3.05, 3.63) is 41.5 Å². The van der Waals surface area contributed by atoms with Gasteiger partial charge in [-0.2, -0.15) is 8.42 Å². The fourth-order valence-corrected chi connectivity index (χ4v) is 8.22. The smallest absolute Gasteiger partial charge is 0.282 e. The van der Waals surface area contributed by atoms with Crippen molar-refractivity contribution < 1.29 is 13.0 Å². The largest absolute Gasteiger partial charge is 0.294 e. The summed E-state index contributed by atoms with van der Waals surface area (Å²) in [6, 6.07) is 10.0. The molecule has 0 heterocycles. The van der Waals surface area contributed by atoms with Crippen LogP contribution in [0.2, 0.25) is 0 Å². The van der Waals surface area contributed by atoms with Crippen molar-refractivity contribution in [2.75, 3.05) is 0 Å². The Morgan fingerprint density at radius 3 is 1.17 bits per heavy atom. The summed E-state index contributed by atoms with van der Waals surface area (Å²) in [5.74, 6) is 0. The highest BCUT2D eigenvalue weighted by atomic mass is 32.2. The van der Waals surface area contributed by atoms with Crippen LogP contribution in [0.4, 0.5) is 0 Å². The zero-order valence-electron chi connectivity index (χ0n) is 31.7. The summed E-state index contributed by atoms with van der Waals surface area (Å²) in [6.07, 6.45) is 42.1. The lowest BCUT2D eigenvalue weighted by atomic mass is 9.96. The maximum absolute atomic E-state index is 12.2. The van der Waals surface area contributed by atoms with Crippen molar-refractivity contribution in [2.45, 2.75) is 224 Å². The van der Waals surface area contributed by atoms with E-state index in [0.717, 1.165) is 35.6 Å². The standard InChI is InChI=1S/C44H76O3S/c1-3-5-7-9-11-13-15-17-19-21-23-25-27-29-31-33-40-35-37-42-41(39-40)36-38-44(48(45,46)47)43(42)34-32-30-28-26-24-22-20-18-16-14-12-10-8-6-4-2/h35-39H,3-34H2,1-2H3,(H,45,46,47). The molecule has 0 radical (unpaired) electrons. The summed E-state index contributed by atoms with van der Waals surface area (Å²) in [5.41, 5.74) is 2.12. The fraction of sp³-hybridized carbons (Fsp3) is 0.773. The number of hydrogen-bond donors (Lipinski definition) is 1. The molecule has 4 heteroatoms. The summed E-state index contributed by atoms with van der Waals surface area (Å²) in [7, 11) is -4.24. The van der Waals surface area contributed by atoms with E-state index < -0.39 is 10.1 Å². The Kier molecular flexibility index (Phi) is 25.2. The Balaban J connectivity index is 1.62. The maximum atomic E-state index is 12.2. The number of unbranched alkanes of at least 4 members (excludes halogenated alkanes) is 28. The maximum Gasteiger partial charge on any atom is 0.294 e. The third-order valence-corrected chi connectivity index (χ3v) is 11.5. The Bertz CT molecular complexity index is 1160. The van der Waals surface area contributed by atoms with Crippen molar-refractivity contribution in [2.24, 2.45) is 0 Å². The molecule has 2 rings (SSSR count).